The second kappa shape index (κ2) is 9.24. The quantitative estimate of drug-likeness (QED) is 0.743. The molecule has 1 aromatic carbocycles. The minimum absolute atomic E-state index is 0.161. The van der Waals surface area contributed by atoms with Gasteiger partial charge >= 0.3 is 6.09 Å². The minimum Gasteiger partial charge on any atom is -0.493 e. The van der Waals surface area contributed by atoms with Gasteiger partial charge in [0.25, 0.3) is 5.91 Å². The summed E-state index contributed by atoms with van der Waals surface area (Å²) in [6.07, 6.45) is -0.354. The molecular formula is C23H29N3O5. The van der Waals surface area contributed by atoms with Crippen LogP contribution >= 0.6 is 0 Å². The van der Waals surface area contributed by atoms with E-state index in [-0.39, 0.29) is 12.0 Å². The molecule has 0 radical (unpaired) electrons. The highest BCUT2D eigenvalue weighted by Gasteiger charge is 2.28. The van der Waals surface area contributed by atoms with Crippen LogP contribution in [0.1, 0.15) is 31.3 Å². The Balaban J connectivity index is 1.69. The van der Waals surface area contributed by atoms with Gasteiger partial charge in [0.1, 0.15) is 11.3 Å². The third-order valence-corrected chi connectivity index (χ3v) is 4.87. The van der Waals surface area contributed by atoms with Gasteiger partial charge in [0.15, 0.2) is 11.5 Å². The molecular weight excluding hydrogens is 398 g/mol. The molecule has 0 N–H and O–H groups in total. The Morgan fingerprint density at radius 3 is 2.16 bits per heavy atom. The normalized spacial score (nSPS) is 14.2. The van der Waals surface area contributed by atoms with Crippen molar-refractivity contribution >= 4 is 12.0 Å². The lowest BCUT2D eigenvalue weighted by Gasteiger charge is -2.35. The van der Waals surface area contributed by atoms with E-state index in [0.717, 1.165) is 5.56 Å². The Labute approximate surface area is 182 Å². The van der Waals surface area contributed by atoms with Crippen LogP contribution in [0.5, 0.6) is 11.5 Å². The van der Waals surface area contributed by atoms with Gasteiger partial charge in [-0.25, -0.2) is 9.78 Å². The van der Waals surface area contributed by atoms with Gasteiger partial charge in [0, 0.05) is 31.7 Å². The zero-order valence-electron chi connectivity index (χ0n) is 18.7. The molecule has 2 aromatic rings. The van der Waals surface area contributed by atoms with Crippen LogP contribution in [0.3, 0.4) is 0 Å². The smallest absolute Gasteiger partial charge is 0.410 e. The maximum atomic E-state index is 13.0. The summed E-state index contributed by atoms with van der Waals surface area (Å²) in [5, 5.41) is 0. The van der Waals surface area contributed by atoms with Crippen molar-refractivity contribution in [2.45, 2.75) is 26.4 Å². The molecule has 2 amide bonds. The summed E-state index contributed by atoms with van der Waals surface area (Å²) in [7, 11) is 3.16. The summed E-state index contributed by atoms with van der Waals surface area (Å²) >= 11 is 0. The van der Waals surface area contributed by atoms with E-state index in [0.29, 0.717) is 49.1 Å². The maximum Gasteiger partial charge on any atom is 0.410 e. The van der Waals surface area contributed by atoms with Gasteiger partial charge in [-0.3, -0.25) is 4.79 Å². The first-order chi connectivity index (χ1) is 14.7. The fourth-order valence-electron chi connectivity index (χ4n) is 3.29. The van der Waals surface area contributed by atoms with Gasteiger partial charge in [-0.1, -0.05) is 6.07 Å². The van der Waals surface area contributed by atoms with E-state index >= 15 is 0 Å². The first-order valence-corrected chi connectivity index (χ1v) is 10.2. The van der Waals surface area contributed by atoms with Crippen molar-refractivity contribution in [2.24, 2.45) is 0 Å². The van der Waals surface area contributed by atoms with Crippen molar-refractivity contribution in [3.05, 3.63) is 42.1 Å². The van der Waals surface area contributed by atoms with Crippen molar-refractivity contribution in [3.8, 4) is 22.8 Å². The molecule has 31 heavy (non-hydrogen) atoms. The third kappa shape index (κ3) is 5.45. The van der Waals surface area contributed by atoms with E-state index in [4.69, 9.17) is 14.2 Å². The lowest BCUT2D eigenvalue weighted by atomic mass is 10.1. The van der Waals surface area contributed by atoms with E-state index in [1.165, 1.54) is 0 Å². The molecule has 0 saturated carbocycles. The second-order valence-electron chi connectivity index (χ2n) is 8.24. The Hall–Kier alpha value is -3.29. The average Bonchev–Trinajstić information content (AvgIpc) is 2.77. The lowest BCUT2D eigenvalue weighted by molar-refractivity contribution is 0.0140. The number of piperazine rings is 1. The van der Waals surface area contributed by atoms with Gasteiger partial charge in [0.2, 0.25) is 0 Å². The Bertz CT molecular complexity index is 946. The number of pyridine rings is 1. The van der Waals surface area contributed by atoms with E-state index < -0.39 is 5.60 Å². The minimum atomic E-state index is -0.543. The number of nitrogens with zero attached hydrogens (tertiary/aromatic N) is 3. The Morgan fingerprint density at radius 1 is 0.903 bits per heavy atom. The largest absolute Gasteiger partial charge is 0.493 e. The molecule has 0 bridgehead atoms. The molecule has 8 heteroatoms. The zero-order valence-corrected chi connectivity index (χ0v) is 18.7. The number of methoxy groups -OCH3 is 2. The first-order valence-electron chi connectivity index (χ1n) is 10.2. The van der Waals surface area contributed by atoms with Crippen LogP contribution in [-0.4, -0.2) is 72.8 Å². The lowest BCUT2D eigenvalue weighted by Crippen LogP contribution is -2.51. The number of hydrogen-bond acceptors (Lipinski definition) is 6. The van der Waals surface area contributed by atoms with Crippen molar-refractivity contribution in [1.82, 2.24) is 14.8 Å². The number of carbonyl (C=O) groups is 2. The van der Waals surface area contributed by atoms with Crippen LogP contribution < -0.4 is 9.47 Å². The molecule has 1 saturated heterocycles. The molecule has 0 aliphatic carbocycles. The van der Waals surface area contributed by atoms with Crippen molar-refractivity contribution < 1.29 is 23.8 Å². The van der Waals surface area contributed by atoms with E-state index in [2.05, 4.69) is 4.98 Å². The summed E-state index contributed by atoms with van der Waals surface area (Å²) in [6, 6.07) is 10.9. The molecule has 3 rings (SSSR count). The molecule has 2 heterocycles. The third-order valence-electron chi connectivity index (χ3n) is 4.87. The Kier molecular flexibility index (Phi) is 6.68. The van der Waals surface area contributed by atoms with Crippen molar-refractivity contribution in [2.75, 3.05) is 40.4 Å². The monoisotopic (exact) mass is 427 g/mol. The van der Waals surface area contributed by atoms with Gasteiger partial charge in [-0.15, -0.1) is 0 Å². The highest BCUT2D eigenvalue weighted by atomic mass is 16.6. The number of carbonyl (C=O) groups excluding carboxylic acids is 2. The van der Waals surface area contributed by atoms with Gasteiger partial charge in [-0.2, -0.15) is 0 Å². The molecule has 1 aliphatic rings. The van der Waals surface area contributed by atoms with Crippen LogP contribution in [0.4, 0.5) is 4.79 Å². The molecule has 0 atom stereocenters. The topological polar surface area (TPSA) is 81.2 Å². The highest BCUT2D eigenvalue weighted by Crippen LogP contribution is 2.31. The van der Waals surface area contributed by atoms with Crippen molar-refractivity contribution in [3.63, 3.8) is 0 Å². The summed E-state index contributed by atoms with van der Waals surface area (Å²) in [5.41, 5.74) is 1.30. The number of rotatable bonds is 4. The predicted molar refractivity (Wildman–Crippen MR) is 116 cm³/mol. The van der Waals surface area contributed by atoms with Gasteiger partial charge in [-0.05, 0) is 51.1 Å². The fraction of sp³-hybridized carbons (Fsp3) is 0.435. The molecule has 166 valence electrons. The number of aromatic nitrogens is 1. The number of amides is 2. The van der Waals surface area contributed by atoms with Crippen LogP contribution in [0.15, 0.2) is 36.4 Å². The standard InChI is InChI=1S/C23H29N3O5/c1-23(2,3)31-22(28)26-13-11-25(12-14-26)21(27)18-8-6-7-17(24-18)16-9-10-19(29-4)20(15-16)30-5/h6-10,15H,11-14H2,1-5H3. The molecule has 1 aromatic heterocycles. The zero-order chi connectivity index (χ0) is 22.6. The summed E-state index contributed by atoms with van der Waals surface area (Å²) in [4.78, 5) is 33.1. The second-order valence-corrected chi connectivity index (χ2v) is 8.24. The maximum absolute atomic E-state index is 13.0. The molecule has 8 nitrogen and oxygen atoms in total. The van der Waals surface area contributed by atoms with Crippen LogP contribution in [-0.2, 0) is 4.74 Å². The average molecular weight is 428 g/mol. The van der Waals surface area contributed by atoms with E-state index in [1.807, 2.05) is 45.0 Å². The molecule has 1 aliphatic heterocycles. The van der Waals surface area contributed by atoms with Gasteiger partial charge < -0.3 is 24.0 Å². The Morgan fingerprint density at radius 2 is 1.55 bits per heavy atom. The van der Waals surface area contributed by atoms with Crippen LogP contribution in [0.2, 0.25) is 0 Å². The SMILES string of the molecule is COc1ccc(-c2cccc(C(=O)N3CCN(C(=O)OC(C)(C)C)CC3)n2)cc1OC. The van der Waals surface area contributed by atoms with Crippen molar-refractivity contribution in [1.29, 1.82) is 0 Å². The van der Waals surface area contributed by atoms with Gasteiger partial charge in [0.05, 0.1) is 19.9 Å². The van der Waals surface area contributed by atoms with Crippen LogP contribution in [0, 0.1) is 0 Å². The van der Waals surface area contributed by atoms with E-state index in [1.54, 1.807) is 36.2 Å². The molecule has 0 spiro atoms. The summed E-state index contributed by atoms with van der Waals surface area (Å²) < 4.78 is 16.0. The molecule has 0 unspecified atom stereocenters. The van der Waals surface area contributed by atoms with E-state index in [9.17, 15) is 9.59 Å². The number of hydrogen-bond donors (Lipinski definition) is 0. The fourth-order valence-corrected chi connectivity index (χ4v) is 3.29. The summed E-state index contributed by atoms with van der Waals surface area (Å²) in [6.45, 7) is 7.22. The predicted octanol–water partition coefficient (Wildman–Crippen LogP) is 3.46. The van der Waals surface area contributed by atoms with Crippen LogP contribution in [0.25, 0.3) is 11.3 Å². The number of benzene rings is 1. The molecule has 1 fully saturated rings. The number of ether oxygens (including phenoxy) is 3. The first kappa shape index (κ1) is 22.4. The highest BCUT2D eigenvalue weighted by molar-refractivity contribution is 5.93. The summed E-state index contributed by atoms with van der Waals surface area (Å²) in [5.74, 6) is 1.06.